The number of aryl methyl sites for hydroxylation is 2. The molecule has 19 heavy (non-hydrogen) atoms. The van der Waals surface area contributed by atoms with Crippen LogP contribution in [0.15, 0.2) is 24.3 Å². The summed E-state index contributed by atoms with van der Waals surface area (Å²) in [6.45, 7) is 1.94. The Morgan fingerprint density at radius 2 is 2.05 bits per heavy atom. The van der Waals surface area contributed by atoms with Crippen molar-refractivity contribution >= 4 is 28.9 Å². The third-order valence-electron chi connectivity index (χ3n) is 2.81. The number of carbonyl (C=O) groups is 1. The van der Waals surface area contributed by atoms with Gasteiger partial charge in [0.05, 0.1) is 11.4 Å². The largest absolute Gasteiger partial charge is 0.395 e. The third kappa shape index (κ3) is 2.71. The van der Waals surface area contributed by atoms with Crippen molar-refractivity contribution in [2.45, 2.75) is 13.3 Å². The second-order valence-corrected chi connectivity index (χ2v) is 4.58. The second kappa shape index (κ2) is 5.32. The van der Waals surface area contributed by atoms with E-state index < -0.39 is 0 Å². The van der Waals surface area contributed by atoms with E-state index in [4.69, 9.17) is 17.3 Å². The predicted molar refractivity (Wildman–Crippen MR) is 76.4 cm³/mol. The molecule has 100 valence electrons. The van der Waals surface area contributed by atoms with Gasteiger partial charge in [0.25, 0.3) is 5.91 Å². The molecular weight excluding hydrogens is 264 g/mol. The van der Waals surface area contributed by atoms with Crippen LogP contribution in [-0.2, 0) is 13.5 Å². The Hall–Kier alpha value is -2.01. The first-order valence-corrected chi connectivity index (χ1v) is 6.29. The number of nitrogens with zero attached hydrogens (tertiary/aromatic N) is 2. The molecule has 0 spiro atoms. The summed E-state index contributed by atoms with van der Waals surface area (Å²) in [5.41, 5.74) is 8.11. The standard InChI is InChI=1S/C13H15ClN4O/c1-3-10-11(15)12(18(2)17-10)13(19)16-9-6-4-8(14)5-7-9/h4-7H,3,15H2,1-2H3,(H,16,19). The molecule has 1 heterocycles. The van der Waals surface area contributed by atoms with Crippen molar-refractivity contribution in [2.24, 2.45) is 7.05 Å². The highest BCUT2D eigenvalue weighted by Gasteiger charge is 2.19. The maximum Gasteiger partial charge on any atom is 0.276 e. The fourth-order valence-electron chi connectivity index (χ4n) is 1.85. The van der Waals surface area contributed by atoms with Gasteiger partial charge in [-0.15, -0.1) is 0 Å². The Balaban J connectivity index is 2.25. The first-order valence-electron chi connectivity index (χ1n) is 5.91. The van der Waals surface area contributed by atoms with E-state index >= 15 is 0 Å². The lowest BCUT2D eigenvalue weighted by Crippen LogP contribution is -2.17. The SMILES string of the molecule is CCc1nn(C)c(C(=O)Nc2ccc(Cl)cc2)c1N. The highest BCUT2D eigenvalue weighted by Crippen LogP contribution is 2.19. The highest BCUT2D eigenvalue weighted by atomic mass is 35.5. The number of hydrogen-bond donors (Lipinski definition) is 2. The zero-order valence-electron chi connectivity index (χ0n) is 10.8. The van der Waals surface area contributed by atoms with Crippen molar-refractivity contribution in [1.82, 2.24) is 9.78 Å². The van der Waals surface area contributed by atoms with E-state index in [1.165, 1.54) is 4.68 Å². The molecule has 2 aromatic rings. The van der Waals surface area contributed by atoms with E-state index in [0.717, 1.165) is 5.69 Å². The van der Waals surface area contributed by atoms with Gasteiger partial charge in [0.2, 0.25) is 0 Å². The minimum atomic E-state index is -0.283. The first kappa shape index (κ1) is 13.4. The first-order chi connectivity index (χ1) is 9.02. The summed E-state index contributed by atoms with van der Waals surface area (Å²) in [7, 11) is 1.70. The Morgan fingerprint density at radius 3 is 2.58 bits per heavy atom. The molecule has 0 bridgehead atoms. The number of nitrogen functional groups attached to an aromatic ring is 1. The number of rotatable bonds is 3. The van der Waals surface area contributed by atoms with Crippen LogP contribution in [0.4, 0.5) is 11.4 Å². The summed E-state index contributed by atoms with van der Waals surface area (Å²) in [6.07, 6.45) is 0.688. The van der Waals surface area contributed by atoms with Gasteiger partial charge in [-0.25, -0.2) is 0 Å². The van der Waals surface area contributed by atoms with Crippen molar-refractivity contribution < 1.29 is 4.79 Å². The number of halogens is 1. The summed E-state index contributed by atoms with van der Waals surface area (Å²) >= 11 is 5.79. The number of carbonyl (C=O) groups excluding carboxylic acids is 1. The van der Waals surface area contributed by atoms with Gasteiger partial charge in [-0.1, -0.05) is 18.5 Å². The molecule has 0 saturated carbocycles. The maximum absolute atomic E-state index is 12.2. The van der Waals surface area contributed by atoms with E-state index in [9.17, 15) is 4.79 Å². The number of nitrogens with one attached hydrogen (secondary N) is 1. The molecular formula is C13H15ClN4O. The van der Waals surface area contributed by atoms with Gasteiger partial charge in [-0.3, -0.25) is 9.48 Å². The molecule has 1 amide bonds. The summed E-state index contributed by atoms with van der Waals surface area (Å²) in [6, 6.07) is 6.88. The van der Waals surface area contributed by atoms with Crippen molar-refractivity contribution in [3.05, 3.63) is 40.7 Å². The normalized spacial score (nSPS) is 10.5. The van der Waals surface area contributed by atoms with Crippen LogP contribution in [0.5, 0.6) is 0 Å². The number of anilines is 2. The van der Waals surface area contributed by atoms with E-state index in [1.54, 1.807) is 31.3 Å². The lowest BCUT2D eigenvalue weighted by Gasteiger charge is -2.06. The lowest BCUT2D eigenvalue weighted by molar-refractivity contribution is 0.101. The Morgan fingerprint density at radius 1 is 1.42 bits per heavy atom. The molecule has 2 rings (SSSR count). The molecule has 0 radical (unpaired) electrons. The lowest BCUT2D eigenvalue weighted by atomic mass is 10.2. The molecule has 3 N–H and O–H groups in total. The van der Waals surface area contributed by atoms with Gasteiger partial charge in [-0.05, 0) is 30.7 Å². The van der Waals surface area contributed by atoms with Gasteiger partial charge < -0.3 is 11.1 Å². The minimum Gasteiger partial charge on any atom is -0.395 e. The minimum absolute atomic E-state index is 0.283. The van der Waals surface area contributed by atoms with Crippen LogP contribution in [0.25, 0.3) is 0 Å². The average molecular weight is 279 g/mol. The molecule has 0 aliphatic rings. The van der Waals surface area contributed by atoms with Crippen LogP contribution in [0, 0.1) is 0 Å². The molecule has 0 aliphatic heterocycles. The zero-order chi connectivity index (χ0) is 14.0. The molecule has 1 aromatic heterocycles. The number of hydrogen-bond acceptors (Lipinski definition) is 3. The number of aromatic nitrogens is 2. The van der Waals surface area contributed by atoms with Crippen LogP contribution in [0.2, 0.25) is 5.02 Å². The molecule has 0 atom stereocenters. The summed E-state index contributed by atoms with van der Waals surface area (Å²) < 4.78 is 1.50. The molecule has 0 saturated heterocycles. The second-order valence-electron chi connectivity index (χ2n) is 4.15. The summed E-state index contributed by atoms with van der Waals surface area (Å²) in [4.78, 5) is 12.2. The van der Waals surface area contributed by atoms with E-state index in [0.29, 0.717) is 28.5 Å². The molecule has 0 fully saturated rings. The zero-order valence-corrected chi connectivity index (χ0v) is 11.5. The van der Waals surface area contributed by atoms with Crippen molar-refractivity contribution in [1.29, 1.82) is 0 Å². The monoisotopic (exact) mass is 278 g/mol. The van der Waals surface area contributed by atoms with Crippen molar-refractivity contribution in [3.63, 3.8) is 0 Å². The average Bonchev–Trinajstić information content (AvgIpc) is 2.67. The quantitative estimate of drug-likeness (QED) is 0.906. The van der Waals surface area contributed by atoms with Gasteiger partial charge in [-0.2, -0.15) is 5.10 Å². The van der Waals surface area contributed by atoms with Gasteiger partial charge >= 0.3 is 0 Å². The van der Waals surface area contributed by atoms with Crippen molar-refractivity contribution in [2.75, 3.05) is 11.1 Å². The number of nitrogens with two attached hydrogens (primary N) is 1. The Bertz CT molecular complexity index is 604. The van der Waals surface area contributed by atoms with E-state index in [2.05, 4.69) is 10.4 Å². The van der Waals surface area contributed by atoms with Crippen molar-refractivity contribution in [3.8, 4) is 0 Å². The topological polar surface area (TPSA) is 72.9 Å². The summed E-state index contributed by atoms with van der Waals surface area (Å²) in [5.74, 6) is -0.283. The van der Waals surface area contributed by atoms with E-state index in [1.807, 2.05) is 6.92 Å². The van der Waals surface area contributed by atoms with E-state index in [-0.39, 0.29) is 5.91 Å². The maximum atomic E-state index is 12.2. The summed E-state index contributed by atoms with van der Waals surface area (Å²) in [5, 5.41) is 7.60. The Labute approximate surface area is 116 Å². The van der Waals surface area contributed by atoms with Gasteiger partial charge in [0.15, 0.2) is 0 Å². The third-order valence-corrected chi connectivity index (χ3v) is 3.06. The molecule has 1 aromatic carbocycles. The molecule has 6 heteroatoms. The number of benzene rings is 1. The molecule has 5 nitrogen and oxygen atoms in total. The smallest absolute Gasteiger partial charge is 0.276 e. The van der Waals surface area contributed by atoms with Gasteiger partial charge in [0, 0.05) is 17.8 Å². The predicted octanol–water partition coefficient (Wildman–Crippen LogP) is 2.47. The fraction of sp³-hybridized carbons (Fsp3) is 0.231. The van der Waals surface area contributed by atoms with Gasteiger partial charge in [0.1, 0.15) is 5.69 Å². The molecule has 0 unspecified atom stereocenters. The fourth-order valence-corrected chi connectivity index (χ4v) is 1.98. The number of amides is 1. The highest BCUT2D eigenvalue weighted by molar-refractivity contribution is 6.30. The van der Waals surface area contributed by atoms with Crippen LogP contribution in [0.1, 0.15) is 23.1 Å². The van der Waals surface area contributed by atoms with Crippen LogP contribution in [-0.4, -0.2) is 15.7 Å². The van der Waals surface area contributed by atoms with Crippen LogP contribution < -0.4 is 11.1 Å². The molecule has 0 aliphatic carbocycles. The van der Waals surface area contributed by atoms with Crippen LogP contribution >= 0.6 is 11.6 Å². The van der Waals surface area contributed by atoms with Crippen LogP contribution in [0.3, 0.4) is 0 Å². The Kier molecular flexibility index (Phi) is 3.76.